The fraction of sp³-hybridized carbons (Fsp3) is 0.450. The molecule has 0 aliphatic rings. The lowest BCUT2D eigenvalue weighted by molar-refractivity contribution is -0.123. The van der Waals surface area contributed by atoms with E-state index in [9.17, 15) is 14.4 Å². The van der Waals surface area contributed by atoms with E-state index in [2.05, 4.69) is 21.9 Å². The summed E-state index contributed by atoms with van der Waals surface area (Å²) in [4.78, 5) is 36.4. The van der Waals surface area contributed by atoms with Crippen molar-refractivity contribution in [3.8, 4) is 12.3 Å². The minimum atomic E-state index is -0.657. The van der Waals surface area contributed by atoms with E-state index in [1.807, 2.05) is 32.9 Å². The molecular weight excluding hydrogens is 330 g/mol. The molecule has 6 nitrogen and oxygen atoms in total. The summed E-state index contributed by atoms with van der Waals surface area (Å²) in [5, 5.41) is 8.03. The molecule has 3 amide bonds. The second-order valence-corrected chi connectivity index (χ2v) is 6.49. The molecule has 1 unspecified atom stereocenters. The first-order valence-electron chi connectivity index (χ1n) is 8.69. The van der Waals surface area contributed by atoms with E-state index in [0.29, 0.717) is 12.0 Å². The number of nitrogens with one attached hydrogen (secondary N) is 3. The van der Waals surface area contributed by atoms with Crippen LogP contribution < -0.4 is 16.0 Å². The molecule has 0 radical (unpaired) electrons. The molecule has 1 aromatic rings. The summed E-state index contributed by atoms with van der Waals surface area (Å²) in [6.07, 6.45) is 5.71. The van der Waals surface area contributed by atoms with Crippen molar-refractivity contribution in [3.63, 3.8) is 0 Å². The molecule has 0 aliphatic carbocycles. The first-order valence-corrected chi connectivity index (χ1v) is 8.69. The molecule has 3 N–H and O–H groups in total. The summed E-state index contributed by atoms with van der Waals surface area (Å²) in [5.41, 5.74) is 1.39. The quantitative estimate of drug-likeness (QED) is 0.584. The predicted octanol–water partition coefficient (Wildman–Crippen LogP) is 1.40. The number of aryl methyl sites for hydroxylation is 1. The van der Waals surface area contributed by atoms with Crippen LogP contribution in [0.3, 0.4) is 0 Å². The number of hydrogen-bond donors (Lipinski definition) is 3. The van der Waals surface area contributed by atoms with Crippen LogP contribution in [0.2, 0.25) is 0 Å². The van der Waals surface area contributed by atoms with Gasteiger partial charge in [0.1, 0.15) is 6.04 Å². The molecule has 0 aliphatic heterocycles. The van der Waals surface area contributed by atoms with E-state index in [-0.39, 0.29) is 43.1 Å². The molecule has 0 fully saturated rings. The summed E-state index contributed by atoms with van der Waals surface area (Å²) in [7, 11) is 0. The van der Waals surface area contributed by atoms with Crippen LogP contribution in [-0.2, 0) is 9.59 Å². The second-order valence-electron chi connectivity index (χ2n) is 6.49. The van der Waals surface area contributed by atoms with Crippen molar-refractivity contribution in [2.45, 2.75) is 39.7 Å². The highest BCUT2D eigenvalue weighted by atomic mass is 16.2. The molecular formula is C20H27N3O3. The smallest absolute Gasteiger partial charge is 0.252 e. The second kappa shape index (κ2) is 10.9. The molecule has 6 heteroatoms. The Labute approximate surface area is 155 Å². The number of benzene rings is 1. The van der Waals surface area contributed by atoms with Gasteiger partial charge in [-0.3, -0.25) is 14.4 Å². The highest BCUT2D eigenvalue weighted by Gasteiger charge is 2.23. The van der Waals surface area contributed by atoms with Gasteiger partial charge >= 0.3 is 0 Å². The molecule has 0 heterocycles. The molecule has 0 bridgehead atoms. The van der Waals surface area contributed by atoms with E-state index in [1.54, 1.807) is 12.1 Å². The molecule has 0 saturated heterocycles. The number of terminal acetylenes is 1. The summed E-state index contributed by atoms with van der Waals surface area (Å²) >= 11 is 0. The lowest BCUT2D eigenvalue weighted by Gasteiger charge is -2.20. The van der Waals surface area contributed by atoms with E-state index < -0.39 is 6.04 Å². The Morgan fingerprint density at radius 1 is 1.15 bits per heavy atom. The van der Waals surface area contributed by atoms with E-state index in [4.69, 9.17) is 6.42 Å². The van der Waals surface area contributed by atoms with Gasteiger partial charge in [-0.2, -0.15) is 0 Å². The highest BCUT2D eigenvalue weighted by molar-refractivity contribution is 5.98. The first kappa shape index (κ1) is 21.2. The van der Waals surface area contributed by atoms with Crippen LogP contribution in [0.15, 0.2) is 24.3 Å². The van der Waals surface area contributed by atoms with Crippen LogP contribution in [-0.4, -0.2) is 36.9 Å². The molecule has 1 rings (SSSR count). The zero-order valence-electron chi connectivity index (χ0n) is 15.6. The minimum absolute atomic E-state index is 0.132. The van der Waals surface area contributed by atoms with Crippen LogP contribution in [0, 0.1) is 25.2 Å². The highest BCUT2D eigenvalue weighted by Crippen LogP contribution is 2.10. The maximum absolute atomic E-state index is 12.5. The van der Waals surface area contributed by atoms with Crippen LogP contribution in [0.1, 0.15) is 42.6 Å². The summed E-state index contributed by atoms with van der Waals surface area (Å²) in [6, 6.07) is 6.56. The van der Waals surface area contributed by atoms with Gasteiger partial charge in [0.05, 0.1) is 6.54 Å². The van der Waals surface area contributed by atoms with Crippen LogP contribution in [0.25, 0.3) is 0 Å². The fourth-order valence-electron chi connectivity index (χ4n) is 2.43. The Bertz CT molecular complexity index is 677. The summed E-state index contributed by atoms with van der Waals surface area (Å²) in [6.45, 7) is 6.15. The Morgan fingerprint density at radius 2 is 1.85 bits per heavy atom. The van der Waals surface area contributed by atoms with Gasteiger partial charge in [0.15, 0.2) is 0 Å². The van der Waals surface area contributed by atoms with Gasteiger partial charge in [0, 0.05) is 18.5 Å². The Morgan fingerprint density at radius 3 is 2.46 bits per heavy atom. The van der Waals surface area contributed by atoms with E-state index in [0.717, 1.165) is 5.56 Å². The average Bonchev–Trinajstić information content (AvgIpc) is 2.59. The number of rotatable bonds is 9. The molecule has 140 valence electrons. The standard InChI is InChI=1S/C20H27N3O3/c1-5-11-21-18(24)10-12-22-20(26)17(13-14(2)3)23-19(25)16-9-7-6-8-15(16)4/h1,6-9,14,17H,10-13H2,2-4H3,(H,21,24)(H,22,26)(H,23,25). The molecule has 1 atom stereocenters. The van der Waals surface area contributed by atoms with Crippen LogP contribution in [0.5, 0.6) is 0 Å². The SMILES string of the molecule is C#CCNC(=O)CCNC(=O)C(CC(C)C)NC(=O)c1ccccc1C. The molecule has 0 saturated carbocycles. The zero-order valence-corrected chi connectivity index (χ0v) is 15.6. The third-order valence-electron chi connectivity index (χ3n) is 3.76. The molecule has 0 aromatic heterocycles. The molecule has 26 heavy (non-hydrogen) atoms. The van der Waals surface area contributed by atoms with Gasteiger partial charge in [-0.05, 0) is 30.9 Å². The van der Waals surface area contributed by atoms with Crippen molar-refractivity contribution >= 4 is 17.7 Å². The van der Waals surface area contributed by atoms with Crippen molar-refractivity contribution < 1.29 is 14.4 Å². The summed E-state index contributed by atoms with van der Waals surface area (Å²) in [5.74, 6) is 1.73. The van der Waals surface area contributed by atoms with E-state index in [1.165, 1.54) is 0 Å². The topological polar surface area (TPSA) is 87.3 Å². The van der Waals surface area contributed by atoms with Crippen LogP contribution in [0.4, 0.5) is 0 Å². The molecule has 0 spiro atoms. The van der Waals surface area contributed by atoms with Crippen molar-refractivity contribution in [2.24, 2.45) is 5.92 Å². The van der Waals surface area contributed by atoms with Gasteiger partial charge in [-0.25, -0.2) is 0 Å². The number of carbonyl (C=O) groups is 3. The Kier molecular flexibility index (Phi) is 8.93. The summed E-state index contributed by atoms with van der Waals surface area (Å²) < 4.78 is 0. The van der Waals surface area contributed by atoms with Gasteiger partial charge in [-0.1, -0.05) is 38.0 Å². The van der Waals surface area contributed by atoms with Crippen molar-refractivity contribution in [1.29, 1.82) is 0 Å². The first-order chi connectivity index (χ1) is 12.3. The third-order valence-corrected chi connectivity index (χ3v) is 3.76. The fourth-order valence-corrected chi connectivity index (χ4v) is 2.43. The zero-order chi connectivity index (χ0) is 19.5. The molecule has 1 aromatic carbocycles. The number of amides is 3. The lowest BCUT2D eigenvalue weighted by atomic mass is 10.0. The third kappa shape index (κ3) is 7.39. The van der Waals surface area contributed by atoms with Crippen LogP contribution >= 0.6 is 0 Å². The minimum Gasteiger partial charge on any atom is -0.354 e. The normalized spacial score (nSPS) is 11.3. The largest absolute Gasteiger partial charge is 0.354 e. The van der Waals surface area contributed by atoms with Gasteiger partial charge in [-0.15, -0.1) is 6.42 Å². The van der Waals surface area contributed by atoms with Crippen molar-refractivity contribution in [2.75, 3.05) is 13.1 Å². The average molecular weight is 357 g/mol. The Hall–Kier alpha value is -2.81. The lowest BCUT2D eigenvalue weighted by Crippen LogP contribution is -2.48. The maximum atomic E-state index is 12.5. The van der Waals surface area contributed by atoms with Gasteiger partial charge in [0.2, 0.25) is 11.8 Å². The number of carbonyl (C=O) groups excluding carboxylic acids is 3. The van der Waals surface area contributed by atoms with Crippen molar-refractivity contribution in [1.82, 2.24) is 16.0 Å². The Balaban J connectivity index is 2.64. The monoisotopic (exact) mass is 357 g/mol. The van der Waals surface area contributed by atoms with Gasteiger partial charge < -0.3 is 16.0 Å². The maximum Gasteiger partial charge on any atom is 0.252 e. The van der Waals surface area contributed by atoms with E-state index >= 15 is 0 Å². The van der Waals surface area contributed by atoms with Gasteiger partial charge in [0.25, 0.3) is 5.91 Å². The van der Waals surface area contributed by atoms with Crippen molar-refractivity contribution in [3.05, 3.63) is 35.4 Å². The number of hydrogen-bond acceptors (Lipinski definition) is 3. The predicted molar refractivity (Wildman–Crippen MR) is 101 cm³/mol.